The van der Waals surface area contributed by atoms with Crippen molar-refractivity contribution < 1.29 is 4.74 Å². The Kier molecular flexibility index (Phi) is 5.38. The molecule has 2 aromatic carbocycles. The van der Waals surface area contributed by atoms with Crippen molar-refractivity contribution in [3.8, 4) is 11.8 Å². The maximum Gasteiger partial charge on any atom is 0.249 e. The van der Waals surface area contributed by atoms with Crippen LogP contribution in [0.1, 0.15) is 5.56 Å². The second kappa shape index (κ2) is 8.44. The first kappa shape index (κ1) is 18.5. The van der Waals surface area contributed by atoms with Gasteiger partial charge in [-0.2, -0.15) is 15.3 Å². The first-order chi connectivity index (χ1) is 14.3. The quantitative estimate of drug-likeness (QED) is 0.715. The molecule has 0 bridgehead atoms. The lowest BCUT2D eigenvalue weighted by atomic mass is 10.2. The lowest BCUT2D eigenvalue weighted by Gasteiger charge is -2.36. The monoisotopic (exact) mass is 387 g/mol. The SMILES string of the molecule is COc1ccc(N2CCN(c3cnnc(Nc4ccccc4C#N)n3)CC2)cc1. The molecule has 1 aliphatic heterocycles. The van der Waals surface area contributed by atoms with Crippen LogP contribution >= 0.6 is 0 Å². The Hall–Kier alpha value is -3.86. The third-order valence-electron chi connectivity index (χ3n) is 4.88. The van der Waals surface area contributed by atoms with Gasteiger partial charge in [0.05, 0.1) is 24.6 Å². The van der Waals surface area contributed by atoms with Gasteiger partial charge < -0.3 is 19.9 Å². The maximum absolute atomic E-state index is 9.24. The average Bonchev–Trinajstić information content (AvgIpc) is 2.80. The van der Waals surface area contributed by atoms with E-state index in [1.165, 1.54) is 5.69 Å². The molecule has 0 amide bonds. The van der Waals surface area contributed by atoms with Gasteiger partial charge in [-0.05, 0) is 36.4 Å². The molecule has 1 aliphatic rings. The van der Waals surface area contributed by atoms with Gasteiger partial charge in [-0.15, -0.1) is 5.10 Å². The zero-order valence-corrected chi connectivity index (χ0v) is 16.1. The molecule has 0 aliphatic carbocycles. The van der Waals surface area contributed by atoms with Crippen molar-refractivity contribution in [2.45, 2.75) is 0 Å². The first-order valence-electron chi connectivity index (χ1n) is 9.36. The highest BCUT2D eigenvalue weighted by Gasteiger charge is 2.19. The Morgan fingerprint density at radius 1 is 1.00 bits per heavy atom. The molecule has 2 heterocycles. The Labute approximate surface area is 169 Å². The van der Waals surface area contributed by atoms with Crippen LogP contribution in [0.5, 0.6) is 5.75 Å². The summed E-state index contributed by atoms with van der Waals surface area (Å²) in [6.07, 6.45) is 1.67. The molecule has 0 saturated carbocycles. The van der Waals surface area contributed by atoms with Crippen molar-refractivity contribution in [3.63, 3.8) is 0 Å². The summed E-state index contributed by atoms with van der Waals surface area (Å²) in [4.78, 5) is 9.12. The number of aromatic nitrogens is 3. The summed E-state index contributed by atoms with van der Waals surface area (Å²) < 4.78 is 5.23. The van der Waals surface area contributed by atoms with Gasteiger partial charge in [-0.25, -0.2) is 0 Å². The summed E-state index contributed by atoms with van der Waals surface area (Å²) in [5.74, 6) is 2.01. The number of rotatable bonds is 5. The fourth-order valence-corrected chi connectivity index (χ4v) is 3.30. The molecule has 8 heteroatoms. The number of nitrogens with zero attached hydrogens (tertiary/aromatic N) is 6. The molecule has 1 aromatic heterocycles. The predicted molar refractivity (Wildman–Crippen MR) is 112 cm³/mol. The molecule has 1 N–H and O–H groups in total. The molecular formula is C21H21N7O. The van der Waals surface area contributed by atoms with Crippen LogP contribution in [-0.2, 0) is 0 Å². The number of para-hydroxylation sites is 1. The third-order valence-corrected chi connectivity index (χ3v) is 4.88. The fraction of sp³-hybridized carbons (Fsp3) is 0.238. The van der Waals surface area contributed by atoms with E-state index in [0.717, 1.165) is 37.7 Å². The van der Waals surface area contributed by atoms with Crippen LogP contribution in [0.3, 0.4) is 0 Å². The molecule has 1 fully saturated rings. The summed E-state index contributed by atoms with van der Waals surface area (Å²) in [6, 6.07) is 17.5. The number of piperazine rings is 1. The smallest absolute Gasteiger partial charge is 0.249 e. The molecule has 29 heavy (non-hydrogen) atoms. The molecule has 8 nitrogen and oxygen atoms in total. The summed E-state index contributed by atoms with van der Waals surface area (Å²) in [6.45, 7) is 3.44. The minimum Gasteiger partial charge on any atom is -0.497 e. The molecule has 0 spiro atoms. The zero-order valence-electron chi connectivity index (χ0n) is 16.1. The van der Waals surface area contributed by atoms with E-state index in [1.807, 2.05) is 30.3 Å². The molecule has 1 saturated heterocycles. The zero-order chi connectivity index (χ0) is 20.1. The largest absolute Gasteiger partial charge is 0.497 e. The van der Waals surface area contributed by atoms with Crippen LogP contribution in [0.4, 0.5) is 23.1 Å². The van der Waals surface area contributed by atoms with E-state index >= 15 is 0 Å². The van der Waals surface area contributed by atoms with Crippen molar-refractivity contribution in [1.82, 2.24) is 15.2 Å². The third kappa shape index (κ3) is 4.19. The van der Waals surface area contributed by atoms with Crippen molar-refractivity contribution >= 4 is 23.1 Å². The number of methoxy groups -OCH3 is 1. The number of hydrogen-bond donors (Lipinski definition) is 1. The predicted octanol–water partition coefficient (Wildman–Crippen LogP) is 2.82. The first-order valence-corrected chi connectivity index (χ1v) is 9.36. The van der Waals surface area contributed by atoms with Gasteiger partial charge in [0.2, 0.25) is 5.95 Å². The molecule has 0 unspecified atom stereocenters. The van der Waals surface area contributed by atoms with Crippen LogP contribution in [0.25, 0.3) is 0 Å². The van der Waals surface area contributed by atoms with Gasteiger partial charge >= 0.3 is 0 Å². The Morgan fingerprint density at radius 2 is 1.72 bits per heavy atom. The number of nitriles is 1. The van der Waals surface area contributed by atoms with Gasteiger partial charge in [-0.1, -0.05) is 12.1 Å². The molecular weight excluding hydrogens is 366 g/mol. The van der Waals surface area contributed by atoms with E-state index in [4.69, 9.17) is 4.74 Å². The minimum atomic E-state index is 0.378. The Morgan fingerprint density at radius 3 is 2.45 bits per heavy atom. The number of benzene rings is 2. The molecule has 4 rings (SSSR count). The van der Waals surface area contributed by atoms with Crippen molar-refractivity contribution in [3.05, 3.63) is 60.3 Å². The van der Waals surface area contributed by atoms with E-state index in [0.29, 0.717) is 17.2 Å². The maximum atomic E-state index is 9.24. The van der Waals surface area contributed by atoms with Crippen LogP contribution < -0.4 is 19.9 Å². The average molecular weight is 387 g/mol. The van der Waals surface area contributed by atoms with Crippen LogP contribution in [0.15, 0.2) is 54.7 Å². The summed E-state index contributed by atoms with van der Waals surface area (Å²) in [5, 5.41) is 20.5. The van der Waals surface area contributed by atoms with Gasteiger partial charge in [0.25, 0.3) is 0 Å². The van der Waals surface area contributed by atoms with E-state index in [-0.39, 0.29) is 0 Å². The van der Waals surface area contributed by atoms with Crippen LogP contribution in [-0.4, -0.2) is 48.5 Å². The number of ether oxygens (including phenoxy) is 1. The minimum absolute atomic E-state index is 0.378. The molecule has 0 atom stereocenters. The van der Waals surface area contributed by atoms with Crippen LogP contribution in [0.2, 0.25) is 0 Å². The second-order valence-corrected chi connectivity index (χ2v) is 6.59. The topological polar surface area (TPSA) is 90.2 Å². The van der Waals surface area contributed by atoms with Gasteiger partial charge in [0, 0.05) is 31.9 Å². The van der Waals surface area contributed by atoms with E-state index in [1.54, 1.807) is 19.4 Å². The molecule has 3 aromatic rings. The standard InChI is InChI=1S/C21H21N7O/c1-29-18-8-6-17(7-9-18)27-10-12-28(13-11-27)20-15-23-26-21(25-20)24-19-5-3-2-4-16(19)14-22/h2-9,15H,10-13H2,1H3,(H,24,25,26). The highest BCUT2D eigenvalue weighted by atomic mass is 16.5. The summed E-state index contributed by atoms with van der Waals surface area (Å²) >= 11 is 0. The Bertz CT molecular complexity index is 1010. The normalized spacial score (nSPS) is 13.7. The lowest BCUT2D eigenvalue weighted by Crippen LogP contribution is -2.46. The lowest BCUT2D eigenvalue weighted by molar-refractivity contribution is 0.415. The van der Waals surface area contributed by atoms with Gasteiger partial charge in [0.15, 0.2) is 5.82 Å². The Balaban J connectivity index is 1.42. The number of hydrogen-bond acceptors (Lipinski definition) is 8. The van der Waals surface area contributed by atoms with E-state index in [9.17, 15) is 5.26 Å². The summed E-state index contributed by atoms with van der Waals surface area (Å²) in [7, 11) is 1.67. The second-order valence-electron chi connectivity index (χ2n) is 6.59. The van der Waals surface area contributed by atoms with Crippen LogP contribution in [0, 0.1) is 11.3 Å². The fourth-order valence-electron chi connectivity index (χ4n) is 3.30. The molecule has 146 valence electrons. The van der Waals surface area contributed by atoms with E-state index < -0.39 is 0 Å². The number of anilines is 4. The number of nitrogens with one attached hydrogen (secondary N) is 1. The highest BCUT2D eigenvalue weighted by Crippen LogP contribution is 2.23. The molecule has 0 radical (unpaired) electrons. The highest BCUT2D eigenvalue weighted by molar-refractivity contribution is 5.63. The van der Waals surface area contributed by atoms with Gasteiger partial charge in [0.1, 0.15) is 11.8 Å². The summed E-state index contributed by atoms with van der Waals surface area (Å²) in [5.41, 5.74) is 2.38. The van der Waals surface area contributed by atoms with E-state index in [2.05, 4.69) is 48.5 Å². The van der Waals surface area contributed by atoms with Crippen molar-refractivity contribution in [2.24, 2.45) is 0 Å². The van der Waals surface area contributed by atoms with Gasteiger partial charge in [-0.3, -0.25) is 0 Å². The van der Waals surface area contributed by atoms with Crippen molar-refractivity contribution in [1.29, 1.82) is 5.26 Å². The van der Waals surface area contributed by atoms with Crippen molar-refractivity contribution in [2.75, 3.05) is 48.4 Å².